The molecule has 4 aromatic rings. The molecule has 0 atom stereocenters. The summed E-state index contributed by atoms with van der Waals surface area (Å²) >= 11 is 5.90. The number of anilines is 3. The number of carbonyl (C=O) groups excluding carboxylic acids is 2. The summed E-state index contributed by atoms with van der Waals surface area (Å²) in [4.78, 5) is 30.1. The molecule has 9 nitrogen and oxygen atoms in total. The normalized spacial score (nSPS) is 11.1. The van der Waals surface area contributed by atoms with Crippen molar-refractivity contribution in [3.05, 3.63) is 52.0 Å². The number of benzene rings is 2. The van der Waals surface area contributed by atoms with Crippen LogP contribution < -0.4 is 17.2 Å². The first-order valence-corrected chi connectivity index (χ1v) is 9.25. The minimum atomic E-state index is -0.689. The van der Waals surface area contributed by atoms with E-state index in [1.807, 2.05) is 0 Å². The SMILES string of the molecule is CCOC(=O)c1cc(C(=O)c2ccc(Cl)cc2)c(N)c2c(N)c3c(N)noc3nc12. The number of hydrogen-bond acceptors (Lipinski definition) is 9. The van der Waals surface area contributed by atoms with E-state index in [-0.39, 0.29) is 56.9 Å². The highest BCUT2D eigenvalue weighted by atomic mass is 35.5. The number of nitrogens with zero attached hydrogens (tertiary/aromatic N) is 2. The molecule has 0 unspecified atom stereocenters. The largest absolute Gasteiger partial charge is 0.462 e. The number of nitrogens with two attached hydrogens (primary N) is 3. The van der Waals surface area contributed by atoms with Gasteiger partial charge in [-0.15, -0.1) is 0 Å². The van der Waals surface area contributed by atoms with Gasteiger partial charge in [0.2, 0.25) is 0 Å². The summed E-state index contributed by atoms with van der Waals surface area (Å²) in [5, 5.41) is 4.58. The third kappa shape index (κ3) is 2.96. The Labute approximate surface area is 174 Å². The predicted molar refractivity (Wildman–Crippen MR) is 113 cm³/mol. The highest BCUT2D eigenvalue weighted by Gasteiger charge is 2.26. The molecule has 30 heavy (non-hydrogen) atoms. The van der Waals surface area contributed by atoms with Crippen molar-refractivity contribution in [1.29, 1.82) is 0 Å². The molecule has 0 aliphatic carbocycles. The van der Waals surface area contributed by atoms with E-state index in [2.05, 4.69) is 10.1 Å². The van der Waals surface area contributed by atoms with E-state index in [1.165, 1.54) is 6.07 Å². The lowest BCUT2D eigenvalue weighted by molar-refractivity contribution is 0.0528. The van der Waals surface area contributed by atoms with Crippen LogP contribution in [-0.2, 0) is 4.74 Å². The molecular formula is C20H16ClN5O4. The molecule has 0 aliphatic rings. The van der Waals surface area contributed by atoms with Gasteiger partial charge < -0.3 is 26.5 Å². The zero-order valence-corrected chi connectivity index (χ0v) is 16.5. The Morgan fingerprint density at radius 3 is 2.43 bits per heavy atom. The number of halogens is 1. The fraction of sp³-hybridized carbons (Fsp3) is 0.100. The fourth-order valence-corrected chi connectivity index (χ4v) is 3.36. The second-order valence-electron chi connectivity index (χ2n) is 6.44. The van der Waals surface area contributed by atoms with E-state index >= 15 is 0 Å². The molecule has 0 saturated carbocycles. The second kappa shape index (κ2) is 7.20. The van der Waals surface area contributed by atoms with Crippen molar-refractivity contribution < 1.29 is 18.8 Å². The quantitative estimate of drug-likeness (QED) is 0.253. The van der Waals surface area contributed by atoms with Gasteiger partial charge in [0.15, 0.2) is 11.6 Å². The van der Waals surface area contributed by atoms with Crippen molar-refractivity contribution in [3.8, 4) is 0 Å². The molecule has 10 heteroatoms. The van der Waals surface area contributed by atoms with E-state index < -0.39 is 11.8 Å². The number of ether oxygens (including phenoxy) is 1. The van der Waals surface area contributed by atoms with Crippen LogP contribution in [0.4, 0.5) is 17.2 Å². The number of hydrogen-bond donors (Lipinski definition) is 3. The summed E-state index contributed by atoms with van der Waals surface area (Å²) in [6.07, 6.45) is 0. The Bertz CT molecular complexity index is 1330. The van der Waals surface area contributed by atoms with Crippen LogP contribution in [0.2, 0.25) is 5.02 Å². The number of rotatable bonds is 4. The first kappa shape index (κ1) is 19.5. The van der Waals surface area contributed by atoms with E-state index in [0.717, 1.165) is 0 Å². The van der Waals surface area contributed by atoms with Gasteiger partial charge in [-0.25, -0.2) is 9.78 Å². The highest BCUT2D eigenvalue weighted by molar-refractivity contribution is 6.31. The summed E-state index contributed by atoms with van der Waals surface area (Å²) in [6, 6.07) is 7.61. The summed E-state index contributed by atoms with van der Waals surface area (Å²) < 4.78 is 10.2. The van der Waals surface area contributed by atoms with Crippen LogP contribution >= 0.6 is 11.6 Å². The van der Waals surface area contributed by atoms with Gasteiger partial charge in [0.25, 0.3) is 5.71 Å². The Morgan fingerprint density at radius 2 is 1.77 bits per heavy atom. The van der Waals surface area contributed by atoms with Crippen LogP contribution in [0.3, 0.4) is 0 Å². The van der Waals surface area contributed by atoms with Gasteiger partial charge in [-0.1, -0.05) is 16.8 Å². The summed E-state index contributed by atoms with van der Waals surface area (Å²) in [7, 11) is 0. The highest BCUT2D eigenvalue weighted by Crippen LogP contribution is 2.39. The average molecular weight is 426 g/mol. The maximum atomic E-state index is 13.2. The summed E-state index contributed by atoms with van der Waals surface area (Å²) in [5.41, 5.74) is 19.2. The topological polar surface area (TPSA) is 160 Å². The monoisotopic (exact) mass is 425 g/mol. The van der Waals surface area contributed by atoms with Crippen LogP contribution in [0.25, 0.3) is 22.0 Å². The molecule has 0 aliphatic heterocycles. The van der Waals surface area contributed by atoms with Gasteiger partial charge in [-0.2, -0.15) is 0 Å². The lowest BCUT2D eigenvalue weighted by Crippen LogP contribution is -2.13. The van der Waals surface area contributed by atoms with Crippen LogP contribution in [-0.4, -0.2) is 28.5 Å². The Morgan fingerprint density at radius 1 is 1.07 bits per heavy atom. The van der Waals surface area contributed by atoms with Gasteiger partial charge in [0.1, 0.15) is 5.39 Å². The number of nitrogen functional groups attached to an aromatic ring is 3. The van der Waals surface area contributed by atoms with Crippen molar-refractivity contribution in [2.75, 3.05) is 23.8 Å². The van der Waals surface area contributed by atoms with E-state index in [1.54, 1.807) is 31.2 Å². The van der Waals surface area contributed by atoms with E-state index in [9.17, 15) is 9.59 Å². The van der Waals surface area contributed by atoms with E-state index in [4.69, 9.17) is 38.1 Å². The third-order valence-electron chi connectivity index (χ3n) is 4.64. The predicted octanol–water partition coefficient (Wildman–Crippen LogP) is 3.18. The van der Waals surface area contributed by atoms with Gasteiger partial charge in [-0.05, 0) is 37.3 Å². The number of pyridine rings is 1. The van der Waals surface area contributed by atoms with Crippen molar-refractivity contribution in [3.63, 3.8) is 0 Å². The molecular weight excluding hydrogens is 410 g/mol. The van der Waals surface area contributed by atoms with Crippen molar-refractivity contribution in [2.45, 2.75) is 6.92 Å². The zero-order valence-electron chi connectivity index (χ0n) is 15.7. The van der Waals surface area contributed by atoms with Crippen LogP contribution in [0.5, 0.6) is 0 Å². The van der Waals surface area contributed by atoms with E-state index in [0.29, 0.717) is 10.6 Å². The first-order valence-electron chi connectivity index (χ1n) is 8.87. The number of esters is 1. The standard InChI is InChI=1S/C20H16ClN5O4/c1-2-29-20(28)11-7-10(17(27)8-3-5-9(21)6-4-8)14(22)12-15(23)13-18(24)26-30-19(13)25-16(11)12/h3-7H,2,22H2,1H3,(H2,23,25)(H2,24,26). The molecule has 152 valence electrons. The molecule has 0 saturated heterocycles. The smallest absolute Gasteiger partial charge is 0.340 e. The minimum Gasteiger partial charge on any atom is -0.462 e. The summed E-state index contributed by atoms with van der Waals surface area (Å²) in [5.74, 6) is -1.09. The van der Waals surface area contributed by atoms with Crippen LogP contribution in [0.1, 0.15) is 33.2 Å². The third-order valence-corrected chi connectivity index (χ3v) is 4.89. The molecule has 6 N–H and O–H groups in total. The molecule has 0 fully saturated rings. The van der Waals surface area contributed by atoms with Gasteiger partial charge in [0.05, 0.1) is 29.1 Å². The zero-order chi connectivity index (χ0) is 21.6. The van der Waals surface area contributed by atoms with Crippen LogP contribution in [0, 0.1) is 0 Å². The van der Waals surface area contributed by atoms with Crippen molar-refractivity contribution in [1.82, 2.24) is 10.1 Å². The van der Waals surface area contributed by atoms with Gasteiger partial charge in [0, 0.05) is 21.5 Å². The first-order chi connectivity index (χ1) is 14.3. The number of carbonyl (C=O) groups is 2. The maximum absolute atomic E-state index is 13.2. The Balaban J connectivity index is 2.07. The van der Waals surface area contributed by atoms with Crippen LogP contribution in [0.15, 0.2) is 34.9 Å². The van der Waals surface area contributed by atoms with Crippen molar-refractivity contribution >= 4 is 62.5 Å². The molecule has 2 aromatic carbocycles. The lowest BCUT2D eigenvalue weighted by atomic mass is 9.95. The molecule has 0 bridgehead atoms. The number of fused-ring (bicyclic) bond motifs is 2. The number of ketones is 1. The van der Waals surface area contributed by atoms with Crippen molar-refractivity contribution in [2.24, 2.45) is 0 Å². The van der Waals surface area contributed by atoms with Gasteiger partial charge >= 0.3 is 5.97 Å². The summed E-state index contributed by atoms with van der Waals surface area (Å²) in [6.45, 7) is 1.78. The minimum absolute atomic E-state index is 0.0157. The molecule has 2 heterocycles. The fourth-order valence-electron chi connectivity index (χ4n) is 3.23. The lowest BCUT2D eigenvalue weighted by Gasteiger charge is -2.14. The number of aromatic nitrogens is 2. The maximum Gasteiger partial charge on any atom is 0.340 e. The Kier molecular flexibility index (Phi) is 4.67. The average Bonchev–Trinajstić information content (AvgIpc) is 3.09. The Hall–Kier alpha value is -3.85. The molecule has 2 aromatic heterocycles. The molecule has 4 rings (SSSR count). The molecule has 0 radical (unpaired) electrons. The second-order valence-corrected chi connectivity index (χ2v) is 6.88. The molecule has 0 amide bonds. The molecule has 0 spiro atoms. The van der Waals surface area contributed by atoms with Gasteiger partial charge in [-0.3, -0.25) is 4.79 Å².